The Labute approximate surface area is 92.1 Å². The largest absolute Gasteiger partial charge is 0.353 e. The number of hydrogen-bond acceptors (Lipinski definition) is 2. The van der Waals surface area contributed by atoms with Crippen LogP contribution in [0.25, 0.3) is 0 Å². The first kappa shape index (κ1) is 12.2. The standard InChI is InChI=1S/C12H22N2O/c1-3-5-9(2)14-12(15)10-6-4-7-11(13)8-10/h3,9-11H,1,4-8,13H2,2H3,(H,14,15). The van der Waals surface area contributed by atoms with Crippen LogP contribution >= 0.6 is 0 Å². The van der Waals surface area contributed by atoms with Crippen molar-refractivity contribution in [2.75, 3.05) is 0 Å². The maximum atomic E-state index is 11.8. The van der Waals surface area contributed by atoms with Gasteiger partial charge in [0.2, 0.25) is 5.91 Å². The smallest absolute Gasteiger partial charge is 0.223 e. The Bertz CT molecular complexity index is 228. The molecule has 86 valence electrons. The fourth-order valence-electron chi connectivity index (χ4n) is 2.14. The maximum absolute atomic E-state index is 11.8. The quantitative estimate of drug-likeness (QED) is 0.692. The molecular weight excluding hydrogens is 188 g/mol. The molecule has 3 N–H and O–H groups in total. The highest BCUT2D eigenvalue weighted by Crippen LogP contribution is 2.23. The van der Waals surface area contributed by atoms with Crippen molar-refractivity contribution in [2.24, 2.45) is 11.7 Å². The van der Waals surface area contributed by atoms with Gasteiger partial charge in [0, 0.05) is 18.0 Å². The molecule has 3 nitrogen and oxygen atoms in total. The van der Waals surface area contributed by atoms with E-state index < -0.39 is 0 Å². The molecule has 3 atom stereocenters. The van der Waals surface area contributed by atoms with E-state index in [1.807, 2.05) is 13.0 Å². The highest BCUT2D eigenvalue weighted by Gasteiger charge is 2.25. The van der Waals surface area contributed by atoms with Crippen LogP contribution in [0.5, 0.6) is 0 Å². The fraction of sp³-hybridized carbons (Fsp3) is 0.750. The number of rotatable bonds is 4. The summed E-state index contributed by atoms with van der Waals surface area (Å²) >= 11 is 0. The lowest BCUT2D eigenvalue weighted by Crippen LogP contribution is -2.41. The molecule has 0 bridgehead atoms. The molecule has 3 heteroatoms. The van der Waals surface area contributed by atoms with E-state index in [1.54, 1.807) is 0 Å². The van der Waals surface area contributed by atoms with Crippen molar-refractivity contribution in [1.82, 2.24) is 5.32 Å². The second kappa shape index (κ2) is 5.91. The first-order chi connectivity index (χ1) is 7.13. The van der Waals surface area contributed by atoms with Crippen molar-refractivity contribution in [2.45, 2.75) is 51.1 Å². The lowest BCUT2D eigenvalue weighted by Gasteiger charge is -2.26. The van der Waals surface area contributed by atoms with Gasteiger partial charge in [-0.25, -0.2) is 0 Å². The van der Waals surface area contributed by atoms with E-state index in [2.05, 4.69) is 11.9 Å². The molecule has 0 aromatic rings. The SMILES string of the molecule is C=CCC(C)NC(=O)C1CCCC(N)C1. The molecule has 0 spiro atoms. The van der Waals surface area contributed by atoms with Crippen LogP contribution in [-0.2, 0) is 4.79 Å². The van der Waals surface area contributed by atoms with Gasteiger partial charge in [-0.1, -0.05) is 12.5 Å². The van der Waals surface area contributed by atoms with Gasteiger partial charge in [-0.2, -0.15) is 0 Å². The summed E-state index contributed by atoms with van der Waals surface area (Å²) in [5.41, 5.74) is 5.86. The summed E-state index contributed by atoms with van der Waals surface area (Å²) in [5.74, 6) is 0.292. The van der Waals surface area contributed by atoms with Crippen molar-refractivity contribution < 1.29 is 4.79 Å². The first-order valence-corrected chi connectivity index (χ1v) is 5.80. The molecule has 1 rings (SSSR count). The maximum Gasteiger partial charge on any atom is 0.223 e. The van der Waals surface area contributed by atoms with Crippen molar-refractivity contribution in [1.29, 1.82) is 0 Å². The predicted octanol–water partition coefficient (Wildman–Crippen LogP) is 1.58. The Balaban J connectivity index is 2.35. The highest BCUT2D eigenvalue weighted by molar-refractivity contribution is 5.79. The summed E-state index contributed by atoms with van der Waals surface area (Å²) in [6, 6.07) is 0.400. The van der Waals surface area contributed by atoms with E-state index in [0.29, 0.717) is 0 Å². The lowest BCUT2D eigenvalue weighted by atomic mass is 9.85. The van der Waals surface area contributed by atoms with Crippen LogP contribution in [0.1, 0.15) is 39.0 Å². The van der Waals surface area contributed by atoms with Crippen LogP contribution in [0.15, 0.2) is 12.7 Å². The number of amides is 1. The minimum absolute atomic E-state index is 0.126. The van der Waals surface area contributed by atoms with Crippen molar-refractivity contribution in [3.05, 3.63) is 12.7 Å². The summed E-state index contributed by atoms with van der Waals surface area (Å²) in [5, 5.41) is 3.01. The molecule has 1 fully saturated rings. The zero-order valence-electron chi connectivity index (χ0n) is 9.54. The highest BCUT2D eigenvalue weighted by atomic mass is 16.1. The van der Waals surface area contributed by atoms with E-state index >= 15 is 0 Å². The molecule has 1 aliphatic rings. The third-order valence-electron chi connectivity index (χ3n) is 2.99. The summed E-state index contributed by atoms with van der Waals surface area (Å²) in [6.07, 6.45) is 6.62. The number of hydrogen-bond donors (Lipinski definition) is 2. The van der Waals surface area contributed by atoms with Gasteiger partial charge in [0.25, 0.3) is 0 Å². The van der Waals surface area contributed by atoms with Crippen LogP contribution in [-0.4, -0.2) is 18.0 Å². The minimum atomic E-state index is 0.126. The van der Waals surface area contributed by atoms with Crippen LogP contribution < -0.4 is 11.1 Å². The molecule has 1 amide bonds. The van der Waals surface area contributed by atoms with Gasteiger partial charge in [0.05, 0.1) is 0 Å². The number of carbonyl (C=O) groups excluding carboxylic acids is 1. The summed E-state index contributed by atoms with van der Waals surface area (Å²) in [7, 11) is 0. The van der Waals surface area contributed by atoms with Gasteiger partial charge < -0.3 is 11.1 Å². The van der Waals surface area contributed by atoms with Gasteiger partial charge in [0.1, 0.15) is 0 Å². The fourth-order valence-corrected chi connectivity index (χ4v) is 2.14. The van der Waals surface area contributed by atoms with Crippen LogP contribution in [0, 0.1) is 5.92 Å². The predicted molar refractivity (Wildman–Crippen MR) is 62.4 cm³/mol. The molecule has 0 radical (unpaired) electrons. The molecule has 0 saturated heterocycles. The number of nitrogens with two attached hydrogens (primary N) is 1. The van der Waals surface area contributed by atoms with E-state index in [1.165, 1.54) is 0 Å². The average molecular weight is 210 g/mol. The molecule has 0 aliphatic heterocycles. The minimum Gasteiger partial charge on any atom is -0.353 e. The van der Waals surface area contributed by atoms with Crippen LogP contribution in [0.4, 0.5) is 0 Å². The monoisotopic (exact) mass is 210 g/mol. The average Bonchev–Trinajstić information content (AvgIpc) is 2.18. The van der Waals surface area contributed by atoms with Crippen molar-refractivity contribution >= 4 is 5.91 Å². The molecule has 0 aromatic carbocycles. The third kappa shape index (κ3) is 4.04. The second-order valence-corrected chi connectivity index (χ2v) is 4.56. The van der Waals surface area contributed by atoms with Gasteiger partial charge in [0.15, 0.2) is 0 Å². The Morgan fingerprint density at radius 2 is 2.40 bits per heavy atom. The zero-order valence-corrected chi connectivity index (χ0v) is 9.54. The molecule has 1 aliphatic carbocycles. The Kier molecular flexibility index (Phi) is 4.82. The molecule has 3 unspecified atom stereocenters. The molecular formula is C12H22N2O. The van der Waals surface area contributed by atoms with E-state index in [0.717, 1.165) is 32.1 Å². The van der Waals surface area contributed by atoms with Crippen LogP contribution in [0.3, 0.4) is 0 Å². The van der Waals surface area contributed by atoms with Crippen molar-refractivity contribution in [3.63, 3.8) is 0 Å². The number of nitrogens with one attached hydrogen (secondary N) is 1. The van der Waals surface area contributed by atoms with Crippen molar-refractivity contribution in [3.8, 4) is 0 Å². The van der Waals surface area contributed by atoms with Gasteiger partial charge in [-0.05, 0) is 32.6 Å². The summed E-state index contributed by atoms with van der Waals surface area (Å²) in [4.78, 5) is 11.8. The molecule has 0 heterocycles. The van der Waals surface area contributed by atoms with Gasteiger partial charge in [-0.3, -0.25) is 4.79 Å². The van der Waals surface area contributed by atoms with E-state index in [9.17, 15) is 4.79 Å². The van der Waals surface area contributed by atoms with E-state index in [-0.39, 0.29) is 23.9 Å². The molecule has 1 saturated carbocycles. The Hall–Kier alpha value is -0.830. The lowest BCUT2D eigenvalue weighted by molar-refractivity contribution is -0.126. The normalized spacial score (nSPS) is 28.1. The second-order valence-electron chi connectivity index (χ2n) is 4.56. The summed E-state index contributed by atoms with van der Waals surface area (Å²) < 4.78 is 0. The molecule has 0 aromatic heterocycles. The van der Waals surface area contributed by atoms with Gasteiger partial charge in [-0.15, -0.1) is 6.58 Å². The summed E-state index contributed by atoms with van der Waals surface area (Å²) in [6.45, 7) is 5.66. The first-order valence-electron chi connectivity index (χ1n) is 5.80. The third-order valence-corrected chi connectivity index (χ3v) is 2.99. The van der Waals surface area contributed by atoms with E-state index in [4.69, 9.17) is 5.73 Å². The van der Waals surface area contributed by atoms with Gasteiger partial charge >= 0.3 is 0 Å². The Morgan fingerprint density at radius 1 is 1.67 bits per heavy atom. The van der Waals surface area contributed by atoms with Crippen LogP contribution in [0.2, 0.25) is 0 Å². The topological polar surface area (TPSA) is 55.1 Å². The number of carbonyl (C=O) groups is 1. The molecule has 15 heavy (non-hydrogen) atoms. The zero-order chi connectivity index (χ0) is 11.3. The Morgan fingerprint density at radius 3 is 3.00 bits per heavy atom.